The number of benzene rings is 1. The summed E-state index contributed by atoms with van der Waals surface area (Å²) in [6.07, 6.45) is -0.0896. The molecule has 0 saturated carbocycles. The summed E-state index contributed by atoms with van der Waals surface area (Å²) in [5.41, 5.74) is 0.783. The van der Waals surface area contributed by atoms with Gasteiger partial charge in [-0.1, -0.05) is 11.6 Å². The number of hydrogen-bond acceptors (Lipinski definition) is 4. The first kappa shape index (κ1) is 14.0. The van der Waals surface area contributed by atoms with Crippen LogP contribution in [-0.2, 0) is 4.79 Å². The maximum atomic E-state index is 11.8. The minimum Gasteiger partial charge on any atom is -0.507 e. The number of phenolic OH excluding ortho intramolecular Hbond substituents is 1. The number of hydrogen-bond donors (Lipinski definition) is 4. The average Bonchev–Trinajstić information content (AvgIpc) is 2.31. The number of aliphatic hydroxyl groups is 1. The topological polar surface area (TPSA) is 107 Å². The molecule has 0 aliphatic rings. The van der Waals surface area contributed by atoms with Crippen molar-refractivity contribution in [3.8, 4) is 5.75 Å². The van der Waals surface area contributed by atoms with Gasteiger partial charge in [-0.15, -0.1) is 0 Å². The first-order valence-corrected chi connectivity index (χ1v) is 5.40. The van der Waals surface area contributed by atoms with E-state index in [9.17, 15) is 14.7 Å². The molecule has 0 spiro atoms. The van der Waals surface area contributed by atoms with Crippen LogP contribution in [0, 0.1) is 6.92 Å². The van der Waals surface area contributed by atoms with Crippen LogP contribution in [0.5, 0.6) is 5.75 Å². The number of nitrogens with one attached hydrogen (secondary N) is 1. The van der Waals surface area contributed by atoms with Crippen LogP contribution in [0.2, 0.25) is 0 Å². The molecule has 98 valence electrons. The first-order chi connectivity index (χ1) is 8.45. The standard InChI is InChI=1S/C12H15NO5/c1-7-2-3-10(15)8(6-7)11(16)13-9(4-5-14)12(17)18/h2-3,6,9,14-15H,4-5H2,1H3,(H,13,16)(H,17,18)/t9-/m1/s1. The van der Waals surface area contributed by atoms with Crippen molar-refractivity contribution in [3.05, 3.63) is 29.3 Å². The van der Waals surface area contributed by atoms with Crippen molar-refractivity contribution in [1.29, 1.82) is 0 Å². The Morgan fingerprint density at radius 3 is 2.61 bits per heavy atom. The lowest BCUT2D eigenvalue weighted by Crippen LogP contribution is -2.41. The molecule has 0 radical (unpaired) electrons. The highest BCUT2D eigenvalue weighted by molar-refractivity contribution is 5.98. The fourth-order valence-corrected chi connectivity index (χ4v) is 1.45. The fraction of sp³-hybridized carbons (Fsp3) is 0.333. The van der Waals surface area contributed by atoms with Crippen LogP contribution in [0.15, 0.2) is 18.2 Å². The summed E-state index contributed by atoms with van der Waals surface area (Å²) >= 11 is 0. The van der Waals surface area contributed by atoms with E-state index in [1.54, 1.807) is 13.0 Å². The average molecular weight is 253 g/mol. The van der Waals surface area contributed by atoms with Crippen LogP contribution in [0.3, 0.4) is 0 Å². The monoisotopic (exact) mass is 253 g/mol. The minimum absolute atomic E-state index is 0.0131. The van der Waals surface area contributed by atoms with E-state index in [0.29, 0.717) is 0 Å². The lowest BCUT2D eigenvalue weighted by atomic mass is 10.1. The Bertz CT molecular complexity index is 458. The number of aryl methyl sites for hydroxylation is 1. The summed E-state index contributed by atoms with van der Waals surface area (Å²) in [4.78, 5) is 22.6. The fourth-order valence-electron chi connectivity index (χ4n) is 1.45. The van der Waals surface area contributed by atoms with Gasteiger partial charge in [0.2, 0.25) is 0 Å². The Morgan fingerprint density at radius 2 is 2.06 bits per heavy atom. The van der Waals surface area contributed by atoms with Gasteiger partial charge in [0, 0.05) is 13.0 Å². The third-order valence-electron chi connectivity index (χ3n) is 2.42. The van der Waals surface area contributed by atoms with Crippen molar-refractivity contribution in [3.63, 3.8) is 0 Å². The number of aliphatic carboxylic acids is 1. The number of carbonyl (C=O) groups is 2. The molecule has 1 amide bonds. The highest BCUT2D eigenvalue weighted by Crippen LogP contribution is 2.18. The molecule has 0 unspecified atom stereocenters. The van der Waals surface area contributed by atoms with Gasteiger partial charge < -0.3 is 20.6 Å². The normalized spacial score (nSPS) is 11.9. The molecular formula is C12H15NO5. The maximum absolute atomic E-state index is 11.8. The number of carbonyl (C=O) groups excluding carboxylic acids is 1. The van der Waals surface area contributed by atoms with Gasteiger partial charge in [0.05, 0.1) is 5.56 Å². The summed E-state index contributed by atoms with van der Waals surface area (Å²) in [6.45, 7) is 1.40. The Kier molecular flexibility index (Phi) is 4.67. The Hall–Kier alpha value is -2.08. The third kappa shape index (κ3) is 3.46. The summed E-state index contributed by atoms with van der Waals surface area (Å²) in [5.74, 6) is -2.13. The van der Waals surface area contributed by atoms with E-state index in [-0.39, 0.29) is 24.3 Å². The molecule has 0 aliphatic carbocycles. The number of aromatic hydroxyl groups is 1. The molecule has 0 aromatic heterocycles. The molecule has 1 rings (SSSR count). The molecule has 0 bridgehead atoms. The van der Waals surface area contributed by atoms with E-state index in [1.165, 1.54) is 12.1 Å². The SMILES string of the molecule is Cc1ccc(O)c(C(=O)N[C@H](CCO)C(=O)O)c1. The largest absolute Gasteiger partial charge is 0.507 e. The second kappa shape index (κ2) is 6.02. The van der Waals surface area contributed by atoms with Crippen molar-refractivity contribution in [1.82, 2.24) is 5.32 Å². The zero-order valence-corrected chi connectivity index (χ0v) is 9.88. The van der Waals surface area contributed by atoms with Crippen LogP contribution in [0.4, 0.5) is 0 Å². The molecule has 1 aromatic rings. The molecule has 4 N–H and O–H groups in total. The second-order valence-electron chi connectivity index (χ2n) is 3.90. The lowest BCUT2D eigenvalue weighted by molar-refractivity contribution is -0.139. The van der Waals surface area contributed by atoms with E-state index < -0.39 is 17.9 Å². The molecule has 1 aromatic carbocycles. The Morgan fingerprint density at radius 1 is 1.39 bits per heavy atom. The lowest BCUT2D eigenvalue weighted by Gasteiger charge is -2.14. The third-order valence-corrected chi connectivity index (χ3v) is 2.42. The number of phenols is 1. The van der Waals surface area contributed by atoms with Gasteiger partial charge in [-0.2, -0.15) is 0 Å². The quantitative estimate of drug-likeness (QED) is 0.602. The van der Waals surface area contributed by atoms with Gasteiger partial charge in [0.15, 0.2) is 0 Å². The van der Waals surface area contributed by atoms with Crippen LogP contribution in [-0.4, -0.2) is 39.8 Å². The number of aliphatic hydroxyl groups excluding tert-OH is 1. The van der Waals surface area contributed by atoms with Gasteiger partial charge in [0.1, 0.15) is 11.8 Å². The molecule has 0 aliphatic heterocycles. The smallest absolute Gasteiger partial charge is 0.326 e. The van der Waals surface area contributed by atoms with Crippen LogP contribution < -0.4 is 5.32 Å². The van der Waals surface area contributed by atoms with E-state index in [1.807, 2.05) is 0 Å². The van der Waals surface area contributed by atoms with Gasteiger partial charge in [0.25, 0.3) is 5.91 Å². The zero-order valence-electron chi connectivity index (χ0n) is 9.88. The van der Waals surface area contributed by atoms with E-state index >= 15 is 0 Å². The zero-order chi connectivity index (χ0) is 13.7. The molecule has 0 fully saturated rings. The summed E-state index contributed by atoms with van der Waals surface area (Å²) < 4.78 is 0. The Labute approximate surface area is 104 Å². The van der Waals surface area contributed by atoms with Gasteiger partial charge in [-0.25, -0.2) is 4.79 Å². The molecule has 6 nitrogen and oxygen atoms in total. The molecule has 6 heteroatoms. The van der Waals surface area contributed by atoms with Crippen molar-refractivity contribution >= 4 is 11.9 Å². The van der Waals surface area contributed by atoms with Crippen molar-refractivity contribution < 1.29 is 24.9 Å². The number of carboxylic acids is 1. The van der Waals surface area contributed by atoms with Crippen molar-refractivity contribution in [2.45, 2.75) is 19.4 Å². The highest BCUT2D eigenvalue weighted by Gasteiger charge is 2.21. The van der Waals surface area contributed by atoms with E-state index in [4.69, 9.17) is 10.2 Å². The second-order valence-corrected chi connectivity index (χ2v) is 3.90. The van der Waals surface area contributed by atoms with Gasteiger partial charge in [-0.3, -0.25) is 4.79 Å². The molecule has 0 heterocycles. The molecule has 0 saturated heterocycles. The first-order valence-electron chi connectivity index (χ1n) is 5.40. The van der Waals surface area contributed by atoms with Gasteiger partial charge in [-0.05, 0) is 19.1 Å². The van der Waals surface area contributed by atoms with Crippen LogP contribution in [0.1, 0.15) is 22.3 Å². The summed E-state index contributed by atoms with van der Waals surface area (Å²) in [5, 5.41) is 29.3. The van der Waals surface area contributed by atoms with E-state index in [0.717, 1.165) is 5.56 Å². The van der Waals surface area contributed by atoms with Crippen LogP contribution >= 0.6 is 0 Å². The predicted molar refractivity (Wildman–Crippen MR) is 63.4 cm³/mol. The van der Waals surface area contributed by atoms with Crippen molar-refractivity contribution in [2.24, 2.45) is 0 Å². The van der Waals surface area contributed by atoms with Crippen LogP contribution in [0.25, 0.3) is 0 Å². The maximum Gasteiger partial charge on any atom is 0.326 e. The summed E-state index contributed by atoms with van der Waals surface area (Å²) in [6, 6.07) is 3.28. The highest BCUT2D eigenvalue weighted by atomic mass is 16.4. The van der Waals surface area contributed by atoms with E-state index in [2.05, 4.69) is 5.32 Å². The molecular weight excluding hydrogens is 238 g/mol. The van der Waals surface area contributed by atoms with Crippen molar-refractivity contribution in [2.75, 3.05) is 6.61 Å². The molecule has 1 atom stereocenters. The predicted octanol–water partition coefficient (Wildman–Crippen LogP) is 0.266. The summed E-state index contributed by atoms with van der Waals surface area (Å²) in [7, 11) is 0. The molecule has 18 heavy (non-hydrogen) atoms. The number of amides is 1. The minimum atomic E-state index is -1.23. The Balaban J connectivity index is 2.86. The number of rotatable bonds is 5. The number of carboxylic acid groups (broad SMARTS) is 1. The van der Waals surface area contributed by atoms with Gasteiger partial charge >= 0.3 is 5.97 Å².